The summed E-state index contributed by atoms with van der Waals surface area (Å²) in [4.78, 5) is 10.1. The zero-order valence-electron chi connectivity index (χ0n) is 12.6. The zero-order chi connectivity index (χ0) is 16.7. The molecule has 1 saturated heterocycles. The first-order valence-electron chi connectivity index (χ1n) is 6.62. The first-order chi connectivity index (χ1) is 10.0. The molecule has 9 heteroatoms. The molecule has 22 heavy (non-hydrogen) atoms. The van der Waals surface area contributed by atoms with E-state index >= 15 is 0 Å². The Kier molecular flexibility index (Phi) is 4.14. The molecule has 1 aliphatic heterocycles. The minimum absolute atomic E-state index is 0.375. The van der Waals surface area contributed by atoms with Crippen LogP contribution in [0.15, 0.2) is 18.2 Å². The third-order valence-corrected chi connectivity index (χ3v) is 3.92. The molecule has 6 nitrogen and oxygen atoms in total. The number of ether oxygens (including phenoxy) is 1. The molecule has 1 heterocycles. The maximum absolute atomic E-state index is 12.4. The summed E-state index contributed by atoms with van der Waals surface area (Å²) in [5, 5.41) is 10.9. The van der Waals surface area contributed by atoms with Crippen LogP contribution in [0.4, 0.5) is 14.5 Å². The SMILES string of the molecule is CC1(C)OB(c2ccc([N+](=O)[O-])c(OC(F)F)c2)OC1(C)C. The Hall–Kier alpha value is -1.74. The summed E-state index contributed by atoms with van der Waals surface area (Å²) in [7, 11) is -0.814. The van der Waals surface area contributed by atoms with Crippen LogP contribution in [0.25, 0.3) is 0 Å². The first kappa shape index (κ1) is 16.6. The van der Waals surface area contributed by atoms with Gasteiger partial charge >= 0.3 is 19.4 Å². The van der Waals surface area contributed by atoms with Crippen molar-refractivity contribution in [3.63, 3.8) is 0 Å². The second-order valence-electron chi connectivity index (χ2n) is 5.95. The zero-order valence-corrected chi connectivity index (χ0v) is 12.6. The molecule has 0 unspecified atom stereocenters. The van der Waals surface area contributed by atoms with Gasteiger partial charge in [-0.05, 0) is 39.2 Å². The summed E-state index contributed by atoms with van der Waals surface area (Å²) in [5.41, 5.74) is -1.38. The van der Waals surface area contributed by atoms with Crippen molar-refractivity contribution < 1.29 is 27.7 Å². The smallest absolute Gasteiger partial charge is 0.427 e. The minimum Gasteiger partial charge on any atom is -0.427 e. The third-order valence-electron chi connectivity index (χ3n) is 3.92. The number of alkyl halides is 2. The van der Waals surface area contributed by atoms with Crippen molar-refractivity contribution in [3.05, 3.63) is 28.3 Å². The van der Waals surface area contributed by atoms with Crippen molar-refractivity contribution in [3.8, 4) is 5.75 Å². The fourth-order valence-electron chi connectivity index (χ4n) is 2.00. The molecule has 0 aliphatic carbocycles. The molecule has 2 rings (SSSR count). The quantitative estimate of drug-likeness (QED) is 0.485. The van der Waals surface area contributed by atoms with Gasteiger partial charge in [0.15, 0.2) is 0 Å². The Bertz CT molecular complexity index is 578. The van der Waals surface area contributed by atoms with Crippen LogP contribution in [0.1, 0.15) is 27.7 Å². The van der Waals surface area contributed by atoms with Gasteiger partial charge in [0.2, 0.25) is 5.75 Å². The minimum atomic E-state index is -3.16. The molecule has 1 aromatic rings. The maximum atomic E-state index is 12.4. The van der Waals surface area contributed by atoms with E-state index in [1.54, 1.807) is 0 Å². The Balaban J connectivity index is 2.36. The molecular weight excluding hydrogens is 299 g/mol. The number of halogens is 2. The second-order valence-corrected chi connectivity index (χ2v) is 5.95. The summed E-state index contributed by atoms with van der Waals surface area (Å²) in [6, 6.07) is 3.64. The van der Waals surface area contributed by atoms with Crippen molar-refractivity contribution in [2.24, 2.45) is 0 Å². The van der Waals surface area contributed by atoms with E-state index in [1.165, 1.54) is 6.07 Å². The molecule has 1 fully saturated rings. The number of nitrogens with zero attached hydrogens (tertiary/aromatic N) is 1. The van der Waals surface area contributed by atoms with Gasteiger partial charge in [-0.15, -0.1) is 0 Å². The highest BCUT2D eigenvalue weighted by molar-refractivity contribution is 6.62. The van der Waals surface area contributed by atoms with Crippen molar-refractivity contribution in [1.29, 1.82) is 0 Å². The van der Waals surface area contributed by atoms with Crippen LogP contribution < -0.4 is 10.2 Å². The largest absolute Gasteiger partial charge is 0.494 e. The van der Waals surface area contributed by atoms with E-state index in [2.05, 4.69) is 4.74 Å². The van der Waals surface area contributed by atoms with E-state index in [1.807, 2.05) is 27.7 Å². The summed E-state index contributed by atoms with van der Waals surface area (Å²) < 4.78 is 40.6. The molecule has 0 radical (unpaired) electrons. The molecule has 0 spiro atoms. The fourth-order valence-corrected chi connectivity index (χ4v) is 2.00. The standard InChI is InChI=1S/C13H16BF2NO5/c1-12(2)13(3,4)22-14(21-12)8-5-6-9(17(18)19)10(7-8)20-11(15)16/h5-7,11H,1-4H3. The van der Waals surface area contributed by atoms with E-state index in [4.69, 9.17) is 9.31 Å². The van der Waals surface area contributed by atoms with E-state index in [-0.39, 0.29) is 0 Å². The van der Waals surface area contributed by atoms with Gasteiger partial charge in [-0.25, -0.2) is 0 Å². The van der Waals surface area contributed by atoms with Gasteiger partial charge in [0.1, 0.15) is 0 Å². The molecule has 1 aliphatic rings. The number of hydrogen-bond acceptors (Lipinski definition) is 5. The number of rotatable bonds is 4. The predicted octanol–water partition coefficient (Wildman–Crippen LogP) is 2.50. The van der Waals surface area contributed by atoms with Crippen molar-refractivity contribution in [2.45, 2.75) is 45.5 Å². The monoisotopic (exact) mass is 315 g/mol. The highest BCUT2D eigenvalue weighted by Crippen LogP contribution is 2.37. The Morgan fingerprint density at radius 2 is 1.77 bits per heavy atom. The van der Waals surface area contributed by atoms with Gasteiger partial charge in [-0.3, -0.25) is 10.1 Å². The van der Waals surface area contributed by atoms with Crippen LogP contribution in [0.5, 0.6) is 5.75 Å². The molecule has 0 amide bonds. The van der Waals surface area contributed by atoms with Gasteiger partial charge < -0.3 is 14.0 Å². The van der Waals surface area contributed by atoms with E-state index in [0.717, 1.165) is 12.1 Å². The Morgan fingerprint density at radius 1 is 1.23 bits per heavy atom. The predicted molar refractivity (Wildman–Crippen MR) is 75.4 cm³/mol. The van der Waals surface area contributed by atoms with Gasteiger partial charge in [0, 0.05) is 6.07 Å². The molecule has 0 bridgehead atoms. The van der Waals surface area contributed by atoms with Crippen LogP contribution in [-0.2, 0) is 9.31 Å². The number of benzene rings is 1. The molecule has 0 N–H and O–H groups in total. The van der Waals surface area contributed by atoms with Gasteiger partial charge in [0.05, 0.1) is 16.1 Å². The Labute approximate surface area is 126 Å². The molecule has 0 saturated carbocycles. The van der Waals surface area contributed by atoms with Crippen LogP contribution in [0, 0.1) is 10.1 Å². The lowest BCUT2D eigenvalue weighted by molar-refractivity contribution is -0.386. The average molecular weight is 315 g/mol. The van der Waals surface area contributed by atoms with E-state index in [9.17, 15) is 18.9 Å². The van der Waals surface area contributed by atoms with E-state index in [0.29, 0.717) is 5.46 Å². The van der Waals surface area contributed by atoms with Crippen LogP contribution >= 0.6 is 0 Å². The average Bonchev–Trinajstić information content (AvgIpc) is 2.57. The van der Waals surface area contributed by atoms with Crippen molar-refractivity contribution >= 4 is 18.3 Å². The maximum Gasteiger partial charge on any atom is 0.494 e. The van der Waals surface area contributed by atoms with E-state index < -0.39 is 41.3 Å². The highest BCUT2D eigenvalue weighted by atomic mass is 19.3. The molecule has 0 aromatic heterocycles. The van der Waals surface area contributed by atoms with Crippen LogP contribution in [-0.4, -0.2) is 29.9 Å². The third kappa shape index (κ3) is 3.05. The first-order valence-corrected chi connectivity index (χ1v) is 6.62. The second kappa shape index (κ2) is 5.47. The summed E-state index contributed by atoms with van der Waals surface area (Å²) in [6.45, 7) is 4.21. The molecule has 1 aromatic carbocycles. The lowest BCUT2D eigenvalue weighted by atomic mass is 9.79. The number of hydrogen-bond donors (Lipinski definition) is 0. The number of nitro groups is 1. The molecule has 0 atom stereocenters. The van der Waals surface area contributed by atoms with Gasteiger partial charge in [-0.1, -0.05) is 6.07 Å². The molecular formula is C13H16BF2NO5. The molecule has 120 valence electrons. The normalized spacial score (nSPS) is 19.5. The lowest BCUT2D eigenvalue weighted by Gasteiger charge is -2.32. The van der Waals surface area contributed by atoms with Gasteiger partial charge in [0.25, 0.3) is 0 Å². The topological polar surface area (TPSA) is 70.8 Å². The van der Waals surface area contributed by atoms with Gasteiger partial charge in [-0.2, -0.15) is 8.78 Å². The summed E-state index contributed by atoms with van der Waals surface area (Å²) in [6.07, 6.45) is 0. The number of nitro benzene ring substituents is 1. The summed E-state index contributed by atoms with van der Waals surface area (Å²) in [5.74, 6) is -0.521. The fraction of sp³-hybridized carbons (Fsp3) is 0.538. The van der Waals surface area contributed by atoms with Crippen LogP contribution in [0.2, 0.25) is 0 Å². The van der Waals surface area contributed by atoms with Crippen LogP contribution in [0.3, 0.4) is 0 Å². The lowest BCUT2D eigenvalue weighted by Crippen LogP contribution is -2.41. The summed E-state index contributed by atoms with van der Waals surface area (Å²) >= 11 is 0. The van der Waals surface area contributed by atoms with Crippen molar-refractivity contribution in [2.75, 3.05) is 0 Å². The Morgan fingerprint density at radius 3 is 2.23 bits per heavy atom. The van der Waals surface area contributed by atoms with Crippen molar-refractivity contribution in [1.82, 2.24) is 0 Å². The highest BCUT2D eigenvalue weighted by Gasteiger charge is 2.51.